The van der Waals surface area contributed by atoms with Gasteiger partial charge in [0.25, 0.3) is 0 Å². The molecule has 1 saturated carbocycles. The summed E-state index contributed by atoms with van der Waals surface area (Å²) >= 11 is 0. The zero-order valence-corrected chi connectivity index (χ0v) is 7.80. The molecule has 0 radical (unpaired) electrons. The van der Waals surface area contributed by atoms with Crippen LogP contribution in [-0.4, -0.2) is 20.7 Å². The summed E-state index contributed by atoms with van der Waals surface area (Å²) in [6.07, 6.45) is 4.93. The predicted octanol–water partition coefficient (Wildman–Crippen LogP) is 1.13. The Labute approximate surface area is 77.1 Å². The van der Waals surface area contributed by atoms with Gasteiger partial charge in [-0.2, -0.15) is 4.98 Å². The van der Waals surface area contributed by atoms with Gasteiger partial charge < -0.3 is 11.1 Å². The van der Waals surface area contributed by atoms with Gasteiger partial charge in [0.15, 0.2) is 0 Å². The number of H-pyrrole nitrogens is 1. The first-order valence-electron chi connectivity index (χ1n) is 4.64. The van der Waals surface area contributed by atoms with Crippen molar-refractivity contribution in [1.29, 1.82) is 0 Å². The second-order valence-electron chi connectivity index (χ2n) is 3.94. The molecular weight excluding hydrogens is 166 g/mol. The van der Waals surface area contributed by atoms with Crippen molar-refractivity contribution in [1.82, 2.24) is 15.2 Å². The Morgan fingerprint density at radius 3 is 2.69 bits per heavy atom. The number of nitrogen functional groups attached to an aromatic ring is 1. The first kappa shape index (κ1) is 8.34. The smallest absolute Gasteiger partial charge is 0.244 e. The molecular formula is C8H15N5. The Balaban J connectivity index is 2.04. The van der Waals surface area contributed by atoms with Crippen LogP contribution in [0.5, 0.6) is 0 Å². The molecule has 5 heteroatoms. The first-order chi connectivity index (χ1) is 6.18. The topological polar surface area (TPSA) is 79.6 Å². The zero-order valence-electron chi connectivity index (χ0n) is 7.80. The van der Waals surface area contributed by atoms with Crippen LogP contribution in [0.15, 0.2) is 0 Å². The number of hydrogen-bond donors (Lipinski definition) is 3. The number of nitrogens with two attached hydrogens (primary N) is 1. The van der Waals surface area contributed by atoms with Crippen LogP contribution in [0.3, 0.4) is 0 Å². The summed E-state index contributed by atoms with van der Waals surface area (Å²) < 4.78 is 0. The lowest BCUT2D eigenvalue weighted by Crippen LogP contribution is -2.31. The number of aromatic nitrogens is 3. The summed E-state index contributed by atoms with van der Waals surface area (Å²) in [5, 5.41) is 9.87. The largest absolute Gasteiger partial charge is 0.368 e. The summed E-state index contributed by atoms with van der Waals surface area (Å²) in [5.41, 5.74) is 5.59. The maximum atomic E-state index is 5.43. The van der Waals surface area contributed by atoms with Crippen LogP contribution in [0.1, 0.15) is 32.6 Å². The van der Waals surface area contributed by atoms with E-state index in [0.29, 0.717) is 11.9 Å². The standard InChI is InChI=1S/C8H15N5/c1-8(4-2-3-5-8)11-7-10-6(9)12-13-7/h2-5H2,1H3,(H4,9,10,11,12,13). The number of nitrogens with one attached hydrogen (secondary N) is 2. The molecule has 0 saturated heterocycles. The highest BCUT2D eigenvalue weighted by molar-refractivity contribution is 5.33. The third-order valence-corrected chi connectivity index (χ3v) is 2.62. The van der Waals surface area contributed by atoms with Crippen molar-refractivity contribution in [3.8, 4) is 0 Å². The summed E-state index contributed by atoms with van der Waals surface area (Å²) in [6.45, 7) is 2.20. The SMILES string of the molecule is CC1(Nc2n[nH]c(N)n2)CCCC1. The van der Waals surface area contributed by atoms with E-state index in [1.165, 1.54) is 25.7 Å². The molecule has 2 rings (SSSR count). The molecule has 72 valence electrons. The maximum Gasteiger partial charge on any atom is 0.244 e. The van der Waals surface area contributed by atoms with E-state index in [9.17, 15) is 0 Å². The highest BCUT2D eigenvalue weighted by Crippen LogP contribution is 2.31. The van der Waals surface area contributed by atoms with Crippen molar-refractivity contribution in [2.24, 2.45) is 0 Å². The van der Waals surface area contributed by atoms with Gasteiger partial charge in [0.1, 0.15) is 0 Å². The molecule has 13 heavy (non-hydrogen) atoms. The van der Waals surface area contributed by atoms with Gasteiger partial charge in [-0.3, -0.25) is 0 Å². The number of nitrogens with zero attached hydrogens (tertiary/aromatic N) is 2. The normalized spacial score (nSPS) is 20.4. The minimum atomic E-state index is 0.161. The van der Waals surface area contributed by atoms with Crippen molar-refractivity contribution < 1.29 is 0 Å². The van der Waals surface area contributed by atoms with Gasteiger partial charge >= 0.3 is 0 Å². The molecule has 0 atom stereocenters. The van der Waals surface area contributed by atoms with E-state index in [0.717, 1.165) is 0 Å². The zero-order chi connectivity index (χ0) is 9.31. The first-order valence-corrected chi connectivity index (χ1v) is 4.64. The fourth-order valence-corrected chi connectivity index (χ4v) is 1.88. The number of aromatic amines is 1. The minimum absolute atomic E-state index is 0.161. The molecule has 5 nitrogen and oxygen atoms in total. The van der Waals surface area contributed by atoms with Crippen LogP contribution in [0.4, 0.5) is 11.9 Å². The van der Waals surface area contributed by atoms with Crippen LogP contribution >= 0.6 is 0 Å². The predicted molar refractivity (Wildman–Crippen MR) is 51.3 cm³/mol. The second-order valence-corrected chi connectivity index (χ2v) is 3.94. The van der Waals surface area contributed by atoms with Crippen LogP contribution in [0, 0.1) is 0 Å². The Hall–Kier alpha value is -1.26. The third kappa shape index (κ3) is 1.74. The lowest BCUT2D eigenvalue weighted by molar-refractivity contribution is 0.528. The molecule has 4 N–H and O–H groups in total. The molecule has 1 aliphatic rings. The molecule has 1 fully saturated rings. The van der Waals surface area contributed by atoms with E-state index < -0.39 is 0 Å². The van der Waals surface area contributed by atoms with E-state index in [2.05, 4.69) is 27.4 Å². The van der Waals surface area contributed by atoms with Gasteiger partial charge in [-0.15, -0.1) is 5.10 Å². The van der Waals surface area contributed by atoms with Gasteiger partial charge in [-0.1, -0.05) is 12.8 Å². The summed E-state index contributed by atoms with van der Waals surface area (Å²) in [4.78, 5) is 4.02. The lowest BCUT2D eigenvalue weighted by Gasteiger charge is -2.23. The molecule has 1 heterocycles. The van der Waals surface area contributed by atoms with Crippen molar-refractivity contribution in [3.05, 3.63) is 0 Å². The number of hydrogen-bond acceptors (Lipinski definition) is 4. The summed E-state index contributed by atoms with van der Waals surface area (Å²) in [5.74, 6) is 0.978. The average Bonchev–Trinajstić information content (AvgIpc) is 2.62. The van der Waals surface area contributed by atoms with Gasteiger partial charge in [-0.25, -0.2) is 5.10 Å². The van der Waals surface area contributed by atoms with Gasteiger partial charge in [0.2, 0.25) is 11.9 Å². The van der Waals surface area contributed by atoms with Crippen LogP contribution in [0.25, 0.3) is 0 Å². The maximum absolute atomic E-state index is 5.43. The summed E-state index contributed by atoms with van der Waals surface area (Å²) in [7, 11) is 0. The third-order valence-electron chi connectivity index (χ3n) is 2.62. The molecule has 0 spiro atoms. The van der Waals surface area contributed by atoms with Crippen LogP contribution < -0.4 is 11.1 Å². The molecule has 0 amide bonds. The molecule has 0 aliphatic heterocycles. The second kappa shape index (κ2) is 2.90. The van der Waals surface area contributed by atoms with E-state index in [4.69, 9.17) is 5.73 Å². The van der Waals surface area contributed by atoms with E-state index in [1.54, 1.807) is 0 Å². The van der Waals surface area contributed by atoms with E-state index in [1.807, 2.05) is 0 Å². The minimum Gasteiger partial charge on any atom is -0.368 e. The molecule has 0 unspecified atom stereocenters. The number of rotatable bonds is 2. The highest BCUT2D eigenvalue weighted by atomic mass is 15.3. The Morgan fingerprint density at radius 1 is 1.46 bits per heavy atom. The van der Waals surface area contributed by atoms with E-state index in [-0.39, 0.29) is 5.54 Å². The average molecular weight is 181 g/mol. The molecule has 0 bridgehead atoms. The molecule has 1 aromatic heterocycles. The number of anilines is 2. The lowest BCUT2D eigenvalue weighted by atomic mass is 10.0. The van der Waals surface area contributed by atoms with Crippen molar-refractivity contribution in [2.75, 3.05) is 11.1 Å². The van der Waals surface area contributed by atoms with Gasteiger partial charge in [-0.05, 0) is 19.8 Å². The van der Waals surface area contributed by atoms with Gasteiger partial charge in [0.05, 0.1) is 0 Å². The molecule has 1 aromatic rings. The molecule has 1 aliphatic carbocycles. The Kier molecular flexibility index (Phi) is 1.86. The van der Waals surface area contributed by atoms with Crippen LogP contribution in [0.2, 0.25) is 0 Å². The monoisotopic (exact) mass is 181 g/mol. The quantitative estimate of drug-likeness (QED) is 0.639. The Bertz CT molecular complexity index is 286. The van der Waals surface area contributed by atoms with Crippen molar-refractivity contribution >= 4 is 11.9 Å². The fraction of sp³-hybridized carbons (Fsp3) is 0.750. The Morgan fingerprint density at radius 2 is 2.15 bits per heavy atom. The van der Waals surface area contributed by atoms with Crippen molar-refractivity contribution in [3.63, 3.8) is 0 Å². The van der Waals surface area contributed by atoms with E-state index >= 15 is 0 Å². The molecule has 0 aromatic carbocycles. The fourth-order valence-electron chi connectivity index (χ4n) is 1.88. The van der Waals surface area contributed by atoms with Crippen LogP contribution in [-0.2, 0) is 0 Å². The summed E-state index contributed by atoms with van der Waals surface area (Å²) in [6, 6.07) is 0. The highest BCUT2D eigenvalue weighted by Gasteiger charge is 2.29. The van der Waals surface area contributed by atoms with Gasteiger partial charge in [0, 0.05) is 5.54 Å². The van der Waals surface area contributed by atoms with Crippen molar-refractivity contribution in [2.45, 2.75) is 38.1 Å².